The summed E-state index contributed by atoms with van der Waals surface area (Å²) in [5.41, 5.74) is 3.51. The zero-order valence-electron chi connectivity index (χ0n) is 23.5. The Morgan fingerprint density at radius 2 is 1.68 bits per heavy atom. The number of non-ortho nitro benzene ring substituents is 1. The number of rotatable bonds is 10. The third-order valence-electron chi connectivity index (χ3n) is 6.62. The van der Waals surface area contributed by atoms with Crippen molar-refractivity contribution >= 4 is 63.5 Å². The second-order valence-corrected chi connectivity index (χ2v) is 10.8. The van der Waals surface area contributed by atoms with E-state index in [2.05, 4.69) is 20.9 Å². The highest BCUT2D eigenvalue weighted by atomic mass is 32.2. The average molecular weight is 606 g/mol. The molecule has 0 radical (unpaired) electrons. The van der Waals surface area contributed by atoms with Gasteiger partial charge in [-0.2, -0.15) is 0 Å². The molecule has 0 unspecified atom stereocenters. The number of aromatic nitrogens is 1. The highest BCUT2D eigenvalue weighted by molar-refractivity contribution is 8.00. The minimum Gasteiger partial charge on any atom is -0.361 e. The molecule has 0 aliphatic heterocycles. The van der Waals surface area contributed by atoms with Gasteiger partial charge in [-0.05, 0) is 55.0 Å². The number of anilines is 2. The maximum absolute atomic E-state index is 13.5. The van der Waals surface area contributed by atoms with E-state index in [1.165, 1.54) is 23.9 Å². The number of hydrogen-bond donors (Lipinski definition) is 4. The number of fused-ring (bicyclic) bond motifs is 1. The van der Waals surface area contributed by atoms with Gasteiger partial charge < -0.3 is 20.9 Å². The minimum absolute atomic E-state index is 0.0401. The van der Waals surface area contributed by atoms with E-state index in [4.69, 9.17) is 0 Å². The lowest BCUT2D eigenvalue weighted by atomic mass is 10.1. The van der Waals surface area contributed by atoms with Crippen LogP contribution in [0.25, 0.3) is 17.0 Å². The molecule has 11 heteroatoms. The summed E-state index contributed by atoms with van der Waals surface area (Å²) >= 11 is 1.24. The molecule has 5 rings (SSSR count). The number of hydrogen-bond acceptors (Lipinski definition) is 6. The number of nitrogens with zero attached hydrogens (tertiary/aromatic N) is 1. The molecule has 5 aromatic rings. The molecule has 4 N–H and O–H groups in total. The van der Waals surface area contributed by atoms with E-state index in [9.17, 15) is 24.5 Å². The second kappa shape index (κ2) is 13.5. The lowest BCUT2D eigenvalue weighted by molar-refractivity contribution is -0.384. The molecule has 0 aliphatic rings. The van der Waals surface area contributed by atoms with E-state index in [0.717, 1.165) is 16.5 Å². The Morgan fingerprint density at radius 1 is 0.909 bits per heavy atom. The van der Waals surface area contributed by atoms with Gasteiger partial charge in [0.05, 0.1) is 16.4 Å². The van der Waals surface area contributed by atoms with E-state index in [1.54, 1.807) is 79.9 Å². The third-order valence-corrected chi connectivity index (χ3v) is 7.61. The summed E-state index contributed by atoms with van der Waals surface area (Å²) in [5.74, 6) is -1.25. The monoisotopic (exact) mass is 605 g/mol. The predicted molar refractivity (Wildman–Crippen MR) is 172 cm³/mol. The maximum atomic E-state index is 13.5. The molecular weight excluding hydrogens is 578 g/mol. The summed E-state index contributed by atoms with van der Waals surface area (Å²) in [6.07, 6.45) is 3.39. The van der Waals surface area contributed by atoms with Crippen molar-refractivity contribution in [3.05, 3.63) is 136 Å². The van der Waals surface area contributed by atoms with E-state index >= 15 is 0 Å². The van der Waals surface area contributed by atoms with E-state index in [1.807, 2.05) is 24.3 Å². The molecule has 1 heterocycles. The van der Waals surface area contributed by atoms with Gasteiger partial charge in [0.15, 0.2) is 0 Å². The van der Waals surface area contributed by atoms with Crippen LogP contribution < -0.4 is 16.0 Å². The van der Waals surface area contributed by atoms with Crippen molar-refractivity contribution in [3.63, 3.8) is 0 Å². The van der Waals surface area contributed by atoms with Crippen LogP contribution in [0.2, 0.25) is 0 Å². The molecule has 10 nitrogen and oxygen atoms in total. The molecule has 0 spiro atoms. The number of para-hydroxylation sites is 1. The van der Waals surface area contributed by atoms with Crippen molar-refractivity contribution in [3.8, 4) is 0 Å². The van der Waals surface area contributed by atoms with Gasteiger partial charge in [-0.3, -0.25) is 24.5 Å². The zero-order chi connectivity index (χ0) is 31.1. The molecule has 0 saturated carbocycles. The van der Waals surface area contributed by atoms with Gasteiger partial charge >= 0.3 is 0 Å². The van der Waals surface area contributed by atoms with Crippen molar-refractivity contribution in [2.45, 2.75) is 11.8 Å². The van der Waals surface area contributed by atoms with Crippen LogP contribution in [0.15, 0.2) is 114 Å². The first kappa shape index (κ1) is 29.8. The first-order valence-corrected chi connectivity index (χ1v) is 14.5. The number of H-pyrrole nitrogens is 1. The quantitative estimate of drug-likeness (QED) is 0.0617. The lowest BCUT2D eigenvalue weighted by Crippen LogP contribution is -2.30. The van der Waals surface area contributed by atoms with Gasteiger partial charge in [-0.25, -0.2) is 0 Å². The summed E-state index contributed by atoms with van der Waals surface area (Å²) < 4.78 is 0. The summed E-state index contributed by atoms with van der Waals surface area (Å²) in [6, 6.07) is 27.5. The summed E-state index contributed by atoms with van der Waals surface area (Å²) in [4.78, 5) is 53.6. The maximum Gasteiger partial charge on any atom is 0.272 e. The summed E-state index contributed by atoms with van der Waals surface area (Å²) in [7, 11) is 0. The smallest absolute Gasteiger partial charge is 0.272 e. The fraction of sp³-hybridized carbons (Fsp3) is 0.0606. The predicted octanol–water partition coefficient (Wildman–Crippen LogP) is 6.52. The Kier molecular flexibility index (Phi) is 9.16. The fourth-order valence-electron chi connectivity index (χ4n) is 4.37. The second-order valence-electron chi connectivity index (χ2n) is 9.74. The lowest BCUT2D eigenvalue weighted by Gasteiger charge is -2.12. The zero-order valence-corrected chi connectivity index (χ0v) is 24.3. The number of carbonyl (C=O) groups is 3. The molecule has 1 aromatic heterocycles. The van der Waals surface area contributed by atoms with Crippen LogP contribution in [0.5, 0.6) is 0 Å². The van der Waals surface area contributed by atoms with Crippen molar-refractivity contribution in [1.82, 2.24) is 10.3 Å². The molecule has 44 heavy (non-hydrogen) atoms. The first-order chi connectivity index (χ1) is 21.3. The van der Waals surface area contributed by atoms with Gasteiger partial charge in [0, 0.05) is 50.9 Å². The Morgan fingerprint density at radius 3 is 2.48 bits per heavy atom. The molecule has 0 atom stereocenters. The minimum atomic E-state index is -0.527. The Bertz CT molecular complexity index is 1900. The molecular formula is C33H27N5O5S. The largest absolute Gasteiger partial charge is 0.361 e. The summed E-state index contributed by atoms with van der Waals surface area (Å²) in [5, 5.41) is 20.3. The number of nitro benzene ring substituents is 1. The molecule has 0 fully saturated rings. The number of nitro groups is 1. The normalized spacial score (nSPS) is 11.2. The molecule has 0 aliphatic carbocycles. The van der Waals surface area contributed by atoms with Gasteiger partial charge in [0.25, 0.3) is 17.5 Å². The van der Waals surface area contributed by atoms with Gasteiger partial charge in [0.2, 0.25) is 5.91 Å². The Hall–Kier alpha value is -5.68. The van der Waals surface area contributed by atoms with Crippen LogP contribution in [0.3, 0.4) is 0 Å². The van der Waals surface area contributed by atoms with Crippen LogP contribution in [0, 0.1) is 17.0 Å². The number of thioether (sulfide) groups is 1. The topological polar surface area (TPSA) is 146 Å². The van der Waals surface area contributed by atoms with Crippen LogP contribution in [-0.2, 0) is 9.59 Å². The number of benzene rings is 4. The number of carbonyl (C=O) groups excluding carboxylic acids is 3. The van der Waals surface area contributed by atoms with Crippen molar-refractivity contribution in [2.75, 3.05) is 16.4 Å². The van der Waals surface area contributed by atoms with E-state index in [0.29, 0.717) is 27.4 Å². The molecule has 0 saturated heterocycles. The highest BCUT2D eigenvalue weighted by Gasteiger charge is 2.17. The van der Waals surface area contributed by atoms with Crippen molar-refractivity contribution < 1.29 is 19.3 Å². The third kappa shape index (κ3) is 7.39. The number of aryl methyl sites for hydroxylation is 1. The van der Waals surface area contributed by atoms with Gasteiger partial charge in [0.1, 0.15) is 5.70 Å². The van der Waals surface area contributed by atoms with Crippen molar-refractivity contribution in [2.24, 2.45) is 0 Å². The first-order valence-electron chi connectivity index (χ1n) is 13.5. The van der Waals surface area contributed by atoms with Gasteiger partial charge in [-0.1, -0.05) is 48.5 Å². The van der Waals surface area contributed by atoms with E-state index < -0.39 is 16.7 Å². The van der Waals surface area contributed by atoms with Crippen LogP contribution in [0.1, 0.15) is 21.5 Å². The Labute approximate surface area is 256 Å². The van der Waals surface area contributed by atoms with Crippen LogP contribution in [0.4, 0.5) is 17.1 Å². The Balaban J connectivity index is 1.30. The van der Waals surface area contributed by atoms with Crippen LogP contribution >= 0.6 is 11.8 Å². The molecule has 0 bridgehead atoms. The number of amides is 3. The summed E-state index contributed by atoms with van der Waals surface area (Å²) in [6.45, 7) is 1.75. The standard InChI is InChI=1S/C33H27N5O5S/c1-21-14-15-25(38(42)43)18-29(21)36-31(39)20-44-26-11-7-10-24(17-26)35-33(41)30(37-32(40)22-8-3-2-4-9-22)16-23-19-34-28-13-6-5-12-27(23)28/h2-19,34H,20H2,1H3,(H,35,41)(H,36,39)(H,37,40)/b30-16-. The van der Waals surface area contributed by atoms with Gasteiger partial charge in [-0.15, -0.1) is 11.8 Å². The van der Waals surface area contributed by atoms with Crippen LogP contribution in [-0.4, -0.2) is 33.4 Å². The van der Waals surface area contributed by atoms with Crippen molar-refractivity contribution in [1.29, 1.82) is 0 Å². The molecule has 4 aromatic carbocycles. The fourth-order valence-corrected chi connectivity index (χ4v) is 5.12. The van der Waals surface area contributed by atoms with E-state index in [-0.39, 0.29) is 23.0 Å². The highest BCUT2D eigenvalue weighted by Crippen LogP contribution is 2.25. The SMILES string of the molecule is Cc1ccc([N+](=O)[O-])cc1NC(=O)CSc1cccc(NC(=O)/C(=C/c2c[nH]c3ccccc23)NC(=O)c2ccccc2)c1. The number of nitrogens with one attached hydrogen (secondary N) is 4. The average Bonchev–Trinajstić information content (AvgIpc) is 3.44. The molecule has 220 valence electrons. The number of aromatic amines is 1. The molecule has 3 amide bonds.